The predicted octanol–water partition coefficient (Wildman–Crippen LogP) is 3.22. The zero-order valence-corrected chi connectivity index (χ0v) is 23.0. The minimum absolute atomic E-state index is 0.0578. The maximum atomic E-state index is 13.4. The molecule has 0 spiro atoms. The highest BCUT2D eigenvalue weighted by atomic mass is 16.7. The third-order valence-corrected chi connectivity index (χ3v) is 7.45. The lowest BCUT2D eigenvalue weighted by atomic mass is 9.76. The molecular weight excluding hydrogens is 528 g/mol. The molecule has 0 bridgehead atoms. The topological polar surface area (TPSA) is 132 Å². The molecule has 9 heteroatoms. The van der Waals surface area contributed by atoms with Gasteiger partial charge in [-0.25, -0.2) is 0 Å². The van der Waals surface area contributed by atoms with Crippen molar-refractivity contribution >= 4 is 11.8 Å². The van der Waals surface area contributed by atoms with Gasteiger partial charge in [0.25, 0.3) is 0 Å². The molecule has 1 saturated heterocycles. The van der Waals surface area contributed by atoms with Crippen molar-refractivity contribution in [2.75, 3.05) is 20.8 Å². The van der Waals surface area contributed by atoms with Crippen molar-refractivity contribution in [1.29, 1.82) is 0 Å². The Morgan fingerprint density at radius 3 is 1.95 bits per heavy atom. The van der Waals surface area contributed by atoms with Crippen LogP contribution in [0.4, 0.5) is 0 Å². The second-order valence-corrected chi connectivity index (χ2v) is 10.0. The Balaban J connectivity index is 1.58. The molecule has 1 heterocycles. The van der Waals surface area contributed by atoms with Crippen molar-refractivity contribution in [3.05, 3.63) is 102 Å². The third-order valence-electron chi connectivity index (χ3n) is 7.45. The van der Waals surface area contributed by atoms with E-state index in [1.807, 2.05) is 72.8 Å². The van der Waals surface area contributed by atoms with Crippen LogP contribution in [0.25, 0.3) is 0 Å². The zero-order chi connectivity index (χ0) is 29.4. The summed E-state index contributed by atoms with van der Waals surface area (Å²) in [6.07, 6.45) is -6.66. The molecule has 2 unspecified atom stereocenters. The van der Waals surface area contributed by atoms with Gasteiger partial charge in [-0.2, -0.15) is 0 Å². The SMILES string of the molecule is COc1ccc(C(CC(=O)c2ccccc2)C(CC(=O)OC[C@H]2O[C@@H](OC)[C@H](O)[C@@H](O)[C@@H]2O)c2ccccc2)cc1. The van der Waals surface area contributed by atoms with Crippen molar-refractivity contribution in [2.24, 2.45) is 0 Å². The maximum absolute atomic E-state index is 13.4. The van der Waals surface area contributed by atoms with E-state index in [0.29, 0.717) is 11.3 Å². The third kappa shape index (κ3) is 7.58. The van der Waals surface area contributed by atoms with Crippen LogP contribution in [0.3, 0.4) is 0 Å². The number of methoxy groups -OCH3 is 2. The van der Waals surface area contributed by atoms with Crippen LogP contribution in [0.2, 0.25) is 0 Å². The van der Waals surface area contributed by atoms with Crippen LogP contribution in [-0.2, 0) is 19.0 Å². The quantitative estimate of drug-likeness (QED) is 0.224. The number of aliphatic hydroxyl groups is 3. The van der Waals surface area contributed by atoms with Gasteiger partial charge in [-0.3, -0.25) is 9.59 Å². The van der Waals surface area contributed by atoms with E-state index in [-0.39, 0.29) is 31.1 Å². The Labute approximate surface area is 239 Å². The number of carbonyl (C=O) groups excluding carboxylic acids is 2. The second-order valence-electron chi connectivity index (χ2n) is 10.0. The summed E-state index contributed by atoms with van der Waals surface area (Å²) in [6, 6.07) is 25.9. The van der Waals surface area contributed by atoms with E-state index < -0.39 is 42.6 Å². The Morgan fingerprint density at radius 1 is 0.756 bits per heavy atom. The minimum atomic E-state index is -1.53. The van der Waals surface area contributed by atoms with Crippen LogP contribution in [-0.4, -0.2) is 78.6 Å². The van der Waals surface area contributed by atoms with Gasteiger partial charge in [0.2, 0.25) is 0 Å². The Morgan fingerprint density at radius 2 is 1.34 bits per heavy atom. The van der Waals surface area contributed by atoms with Gasteiger partial charge in [-0.05, 0) is 29.2 Å². The zero-order valence-electron chi connectivity index (χ0n) is 23.0. The average Bonchev–Trinajstić information content (AvgIpc) is 3.02. The van der Waals surface area contributed by atoms with Gasteiger partial charge in [0.05, 0.1) is 13.5 Å². The van der Waals surface area contributed by atoms with Crippen LogP contribution < -0.4 is 4.74 Å². The lowest BCUT2D eigenvalue weighted by molar-refractivity contribution is -0.295. The normalized spacial score (nSPS) is 23.8. The molecule has 1 fully saturated rings. The summed E-state index contributed by atoms with van der Waals surface area (Å²) < 4.78 is 21.4. The number of carbonyl (C=O) groups is 2. The molecule has 4 rings (SSSR count). The number of Topliss-reactive ketones (excluding diaryl/α,β-unsaturated/α-hetero) is 1. The molecule has 0 aliphatic carbocycles. The van der Waals surface area contributed by atoms with Gasteiger partial charge in [0, 0.05) is 25.0 Å². The first kappa shape index (κ1) is 30.4. The van der Waals surface area contributed by atoms with E-state index in [2.05, 4.69) is 0 Å². The fourth-order valence-electron chi connectivity index (χ4n) is 5.14. The van der Waals surface area contributed by atoms with E-state index in [1.165, 1.54) is 7.11 Å². The van der Waals surface area contributed by atoms with Gasteiger partial charge in [-0.15, -0.1) is 0 Å². The number of esters is 1. The standard InChI is InChI=1S/C32H36O9/c1-38-23-15-13-21(14-16-23)24(17-26(33)22-11-7-4-8-12-22)25(20-9-5-3-6-10-20)18-28(34)40-19-27-29(35)30(36)31(37)32(39-2)41-27/h3-16,24-25,27,29-32,35-37H,17-19H2,1-2H3/t24?,25?,27-,29-,30+,31-,32-/m1/s1. The Kier molecular flexibility index (Phi) is 10.6. The molecule has 1 aliphatic heterocycles. The predicted molar refractivity (Wildman–Crippen MR) is 150 cm³/mol. The number of hydrogen-bond donors (Lipinski definition) is 3. The van der Waals surface area contributed by atoms with Gasteiger partial charge < -0.3 is 34.3 Å². The number of aliphatic hydroxyl groups excluding tert-OH is 3. The highest BCUT2D eigenvalue weighted by Gasteiger charge is 2.44. The van der Waals surface area contributed by atoms with E-state index in [4.69, 9.17) is 18.9 Å². The first-order valence-electron chi connectivity index (χ1n) is 13.5. The summed E-state index contributed by atoms with van der Waals surface area (Å²) in [4.78, 5) is 26.7. The minimum Gasteiger partial charge on any atom is -0.497 e. The monoisotopic (exact) mass is 564 g/mol. The van der Waals surface area contributed by atoms with E-state index >= 15 is 0 Å². The summed E-state index contributed by atoms with van der Waals surface area (Å²) in [6.45, 7) is -0.360. The van der Waals surface area contributed by atoms with Crippen LogP contribution in [0.15, 0.2) is 84.9 Å². The van der Waals surface area contributed by atoms with Crippen LogP contribution in [0, 0.1) is 0 Å². The molecular formula is C32H36O9. The number of rotatable bonds is 12. The molecule has 41 heavy (non-hydrogen) atoms. The van der Waals surface area contributed by atoms with Crippen LogP contribution in [0.1, 0.15) is 46.2 Å². The molecule has 0 radical (unpaired) electrons. The summed E-state index contributed by atoms with van der Waals surface area (Å²) in [5.74, 6) is -0.770. The lowest BCUT2D eigenvalue weighted by Crippen LogP contribution is -2.59. The van der Waals surface area contributed by atoms with Crippen LogP contribution >= 0.6 is 0 Å². The molecule has 0 aromatic heterocycles. The van der Waals surface area contributed by atoms with Gasteiger partial charge in [0.1, 0.15) is 36.8 Å². The number of hydrogen-bond acceptors (Lipinski definition) is 9. The number of ether oxygens (including phenoxy) is 4. The first-order chi connectivity index (χ1) is 19.8. The lowest BCUT2D eigenvalue weighted by Gasteiger charge is -2.39. The Bertz CT molecular complexity index is 1250. The summed E-state index contributed by atoms with van der Waals surface area (Å²) >= 11 is 0. The molecule has 0 saturated carbocycles. The highest BCUT2D eigenvalue weighted by molar-refractivity contribution is 5.96. The maximum Gasteiger partial charge on any atom is 0.306 e. The molecule has 3 aromatic rings. The van der Waals surface area contributed by atoms with Crippen molar-refractivity contribution in [3.8, 4) is 5.75 Å². The van der Waals surface area contributed by atoms with Gasteiger partial charge in [0.15, 0.2) is 12.1 Å². The fraction of sp³-hybridized carbons (Fsp3) is 0.375. The van der Waals surface area contributed by atoms with Crippen molar-refractivity contribution in [3.63, 3.8) is 0 Å². The molecule has 9 nitrogen and oxygen atoms in total. The average molecular weight is 565 g/mol. The van der Waals surface area contributed by atoms with Crippen molar-refractivity contribution < 1.29 is 43.9 Å². The molecule has 3 aromatic carbocycles. The summed E-state index contributed by atoms with van der Waals surface area (Å²) in [7, 11) is 2.87. The Hall–Kier alpha value is -3.60. The fourth-order valence-corrected chi connectivity index (χ4v) is 5.14. The molecule has 0 amide bonds. The highest BCUT2D eigenvalue weighted by Crippen LogP contribution is 2.40. The van der Waals surface area contributed by atoms with Crippen LogP contribution in [0.5, 0.6) is 5.75 Å². The van der Waals surface area contributed by atoms with E-state index in [9.17, 15) is 24.9 Å². The number of ketones is 1. The largest absolute Gasteiger partial charge is 0.497 e. The van der Waals surface area contributed by atoms with Crippen molar-refractivity contribution in [1.82, 2.24) is 0 Å². The van der Waals surface area contributed by atoms with Gasteiger partial charge in [-0.1, -0.05) is 72.8 Å². The van der Waals surface area contributed by atoms with E-state index in [0.717, 1.165) is 11.1 Å². The summed E-state index contributed by atoms with van der Waals surface area (Å²) in [5, 5.41) is 30.5. The molecule has 218 valence electrons. The molecule has 3 N–H and O–H groups in total. The summed E-state index contributed by atoms with van der Waals surface area (Å²) in [5.41, 5.74) is 2.30. The van der Waals surface area contributed by atoms with Crippen molar-refractivity contribution in [2.45, 2.75) is 55.4 Å². The number of benzene rings is 3. The van der Waals surface area contributed by atoms with Gasteiger partial charge >= 0.3 is 5.97 Å². The molecule has 1 aliphatic rings. The van der Waals surface area contributed by atoms with E-state index in [1.54, 1.807) is 19.2 Å². The first-order valence-corrected chi connectivity index (χ1v) is 13.5. The smallest absolute Gasteiger partial charge is 0.306 e. The molecule has 7 atom stereocenters. The second kappa shape index (κ2) is 14.3.